The molecule has 2 aromatic carbocycles. The van der Waals surface area contributed by atoms with E-state index in [1.54, 1.807) is 34.3 Å². The zero-order chi connectivity index (χ0) is 20.1. The van der Waals surface area contributed by atoms with Gasteiger partial charge in [-0.15, -0.1) is 21.5 Å². The fraction of sp³-hybridized carbons (Fsp3) is 0.136. The number of thiophene rings is 1. The van der Waals surface area contributed by atoms with Crippen LogP contribution in [-0.4, -0.2) is 26.2 Å². The quantitative estimate of drug-likeness (QED) is 0.460. The van der Waals surface area contributed by atoms with Crippen LogP contribution in [0.1, 0.15) is 11.1 Å². The average Bonchev–Trinajstić information content (AvgIpc) is 3.52. The molecule has 0 unspecified atom stereocenters. The number of ether oxygens (including phenoxy) is 1. The lowest BCUT2D eigenvalue weighted by atomic mass is 10.0. The van der Waals surface area contributed by atoms with Crippen LogP contribution in [0.5, 0.6) is 5.75 Å². The Morgan fingerprint density at radius 3 is 3.13 bits per heavy atom. The second-order valence-corrected chi connectivity index (χ2v) is 8.10. The van der Waals surface area contributed by atoms with Crippen molar-refractivity contribution in [1.29, 1.82) is 0 Å². The molecule has 1 aliphatic heterocycles. The summed E-state index contributed by atoms with van der Waals surface area (Å²) in [6.45, 7) is 0.891. The normalized spacial score (nSPS) is 13.0. The van der Waals surface area contributed by atoms with Gasteiger partial charge in [0.2, 0.25) is 5.95 Å². The molecule has 0 amide bonds. The number of rotatable bonds is 4. The van der Waals surface area contributed by atoms with Crippen molar-refractivity contribution in [2.75, 3.05) is 11.9 Å². The van der Waals surface area contributed by atoms with E-state index in [1.807, 2.05) is 0 Å². The summed E-state index contributed by atoms with van der Waals surface area (Å²) >= 11 is 1.71. The van der Waals surface area contributed by atoms with Crippen LogP contribution in [0.4, 0.5) is 10.3 Å². The van der Waals surface area contributed by atoms with E-state index in [4.69, 9.17) is 4.74 Å². The Kier molecular flexibility index (Phi) is 3.92. The molecule has 0 bridgehead atoms. The van der Waals surface area contributed by atoms with Gasteiger partial charge in [0, 0.05) is 40.6 Å². The molecule has 0 saturated heterocycles. The molecule has 1 aliphatic rings. The fourth-order valence-corrected chi connectivity index (χ4v) is 4.73. The summed E-state index contributed by atoms with van der Waals surface area (Å²) in [5.74, 6) is 1.08. The lowest BCUT2D eigenvalue weighted by molar-refractivity contribution is 0.356. The van der Waals surface area contributed by atoms with E-state index in [0.29, 0.717) is 36.7 Å². The van der Waals surface area contributed by atoms with Gasteiger partial charge in [-0.05, 0) is 46.7 Å². The number of benzene rings is 2. The standard InChI is InChI=1S/C22H16FN5OS/c23-18-2-3-19-15(5-7-29-19)17(18)11-25-22-24-10-16(21-27-26-12-28(21)22)13-1-4-20-14(9-13)6-8-30-20/h1-4,6,8-10,12H,5,7,11H2,(H,24,25). The zero-order valence-electron chi connectivity index (χ0n) is 15.8. The van der Waals surface area contributed by atoms with Gasteiger partial charge in [0.1, 0.15) is 17.9 Å². The van der Waals surface area contributed by atoms with Gasteiger partial charge in [0.15, 0.2) is 5.65 Å². The zero-order valence-corrected chi connectivity index (χ0v) is 16.6. The van der Waals surface area contributed by atoms with Crippen molar-refractivity contribution in [2.24, 2.45) is 0 Å². The minimum absolute atomic E-state index is 0.243. The molecule has 8 heteroatoms. The minimum atomic E-state index is -0.243. The molecule has 0 aliphatic carbocycles. The van der Waals surface area contributed by atoms with Gasteiger partial charge in [-0.3, -0.25) is 4.40 Å². The summed E-state index contributed by atoms with van der Waals surface area (Å²) in [7, 11) is 0. The minimum Gasteiger partial charge on any atom is -0.493 e. The molecule has 4 heterocycles. The van der Waals surface area contributed by atoms with Gasteiger partial charge in [-0.2, -0.15) is 0 Å². The van der Waals surface area contributed by atoms with Crippen molar-refractivity contribution in [2.45, 2.75) is 13.0 Å². The van der Waals surface area contributed by atoms with Gasteiger partial charge in [-0.25, -0.2) is 9.37 Å². The summed E-state index contributed by atoms with van der Waals surface area (Å²) in [5, 5.41) is 14.9. The van der Waals surface area contributed by atoms with E-state index >= 15 is 0 Å². The van der Waals surface area contributed by atoms with Crippen molar-refractivity contribution in [3.63, 3.8) is 0 Å². The number of halogens is 1. The predicted molar refractivity (Wildman–Crippen MR) is 115 cm³/mol. The van der Waals surface area contributed by atoms with Crippen LogP contribution in [0.15, 0.2) is 54.3 Å². The highest BCUT2D eigenvalue weighted by molar-refractivity contribution is 7.17. The second-order valence-electron chi connectivity index (χ2n) is 7.15. The maximum absolute atomic E-state index is 14.4. The summed E-state index contributed by atoms with van der Waals surface area (Å²) in [6.07, 6.45) is 4.12. The van der Waals surface area contributed by atoms with Crippen LogP contribution in [0.2, 0.25) is 0 Å². The lowest BCUT2D eigenvalue weighted by Gasteiger charge is -2.12. The Morgan fingerprint density at radius 2 is 2.17 bits per heavy atom. The van der Waals surface area contributed by atoms with Crippen LogP contribution >= 0.6 is 11.3 Å². The van der Waals surface area contributed by atoms with Gasteiger partial charge < -0.3 is 10.1 Å². The highest BCUT2D eigenvalue weighted by Gasteiger charge is 2.20. The smallest absolute Gasteiger partial charge is 0.210 e. The fourth-order valence-electron chi connectivity index (χ4n) is 3.96. The molecule has 148 valence electrons. The lowest BCUT2D eigenvalue weighted by Crippen LogP contribution is -2.09. The Bertz CT molecular complexity index is 1410. The van der Waals surface area contributed by atoms with Crippen LogP contribution in [0, 0.1) is 5.82 Å². The maximum atomic E-state index is 14.4. The first kappa shape index (κ1) is 17.3. The Labute approximate surface area is 175 Å². The van der Waals surface area contributed by atoms with E-state index in [2.05, 4.69) is 50.1 Å². The van der Waals surface area contributed by atoms with Crippen LogP contribution < -0.4 is 10.1 Å². The topological polar surface area (TPSA) is 64.3 Å². The molecule has 0 radical (unpaired) electrons. The number of aromatic nitrogens is 4. The largest absolute Gasteiger partial charge is 0.493 e. The van der Waals surface area contributed by atoms with Crippen molar-refractivity contribution >= 4 is 33.0 Å². The van der Waals surface area contributed by atoms with Gasteiger partial charge in [0.05, 0.1) is 6.61 Å². The third-order valence-electron chi connectivity index (χ3n) is 5.46. The summed E-state index contributed by atoms with van der Waals surface area (Å²) in [4.78, 5) is 4.58. The number of nitrogens with zero attached hydrogens (tertiary/aromatic N) is 4. The predicted octanol–water partition coefficient (Wildman–Crippen LogP) is 4.69. The van der Waals surface area contributed by atoms with E-state index in [0.717, 1.165) is 22.4 Å². The number of hydrogen-bond acceptors (Lipinski definition) is 6. The highest BCUT2D eigenvalue weighted by atomic mass is 32.1. The first-order valence-electron chi connectivity index (χ1n) is 9.61. The summed E-state index contributed by atoms with van der Waals surface area (Å²) < 4.78 is 23.0. The van der Waals surface area contributed by atoms with Gasteiger partial charge in [-0.1, -0.05) is 6.07 Å². The molecule has 0 fully saturated rings. The first-order valence-corrected chi connectivity index (χ1v) is 10.5. The maximum Gasteiger partial charge on any atom is 0.210 e. The first-order chi connectivity index (χ1) is 14.8. The molecule has 6 rings (SSSR count). The number of anilines is 1. The molecule has 30 heavy (non-hydrogen) atoms. The van der Waals surface area contributed by atoms with E-state index in [-0.39, 0.29) is 5.82 Å². The number of nitrogens with one attached hydrogen (secondary N) is 1. The molecular weight excluding hydrogens is 401 g/mol. The molecule has 0 atom stereocenters. The molecule has 0 spiro atoms. The molecular formula is C22H16FN5OS. The van der Waals surface area contributed by atoms with E-state index in [9.17, 15) is 4.39 Å². The van der Waals surface area contributed by atoms with Gasteiger partial charge in [0.25, 0.3) is 0 Å². The third kappa shape index (κ3) is 2.72. The Balaban J connectivity index is 1.36. The second kappa shape index (κ2) is 6.77. The summed E-state index contributed by atoms with van der Waals surface area (Å²) in [5.41, 5.74) is 4.15. The monoisotopic (exact) mass is 417 g/mol. The van der Waals surface area contributed by atoms with Crippen molar-refractivity contribution in [3.8, 4) is 16.9 Å². The van der Waals surface area contributed by atoms with Gasteiger partial charge >= 0.3 is 0 Å². The third-order valence-corrected chi connectivity index (χ3v) is 6.36. The van der Waals surface area contributed by atoms with Crippen molar-refractivity contribution in [1.82, 2.24) is 19.6 Å². The van der Waals surface area contributed by atoms with Crippen molar-refractivity contribution in [3.05, 3.63) is 71.2 Å². The van der Waals surface area contributed by atoms with Crippen LogP contribution in [-0.2, 0) is 13.0 Å². The molecule has 5 aromatic rings. The number of fused-ring (bicyclic) bond motifs is 3. The van der Waals surface area contributed by atoms with Crippen LogP contribution in [0.3, 0.4) is 0 Å². The Morgan fingerprint density at radius 1 is 1.20 bits per heavy atom. The van der Waals surface area contributed by atoms with E-state index in [1.165, 1.54) is 16.2 Å². The van der Waals surface area contributed by atoms with Crippen LogP contribution in [0.25, 0.3) is 26.9 Å². The molecule has 1 N–H and O–H groups in total. The van der Waals surface area contributed by atoms with E-state index < -0.39 is 0 Å². The highest BCUT2D eigenvalue weighted by Crippen LogP contribution is 2.32. The Hall–Kier alpha value is -3.52. The molecule has 3 aromatic heterocycles. The number of hydrogen-bond donors (Lipinski definition) is 1. The van der Waals surface area contributed by atoms with Crippen molar-refractivity contribution < 1.29 is 9.13 Å². The molecule has 0 saturated carbocycles. The summed E-state index contributed by atoms with van der Waals surface area (Å²) in [6, 6.07) is 11.6. The molecule has 6 nitrogen and oxygen atoms in total. The average molecular weight is 417 g/mol. The SMILES string of the molecule is Fc1ccc2c(c1CNc1ncc(-c3ccc4sccc4c3)c3nncn13)CCO2.